The molecule has 0 aromatic rings. The molecule has 0 atom stereocenters. The third-order valence-corrected chi connectivity index (χ3v) is 0. The van der Waals surface area contributed by atoms with Crippen LogP contribution in [-0.4, -0.2) is 118 Å². The van der Waals surface area contributed by atoms with Gasteiger partial charge in [-0.3, -0.25) is 16.8 Å². The van der Waals surface area contributed by atoms with Crippen molar-refractivity contribution in [3.63, 3.8) is 0 Å². The minimum Gasteiger partial charge on any atom is -0.759 e. The van der Waals surface area contributed by atoms with Crippen LogP contribution in [0.2, 0.25) is 0 Å². The van der Waals surface area contributed by atoms with Crippen molar-refractivity contribution in [2.24, 2.45) is 0 Å². The van der Waals surface area contributed by atoms with Crippen LogP contribution in [0.1, 0.15) is 0 Å². The monoisotopic (exact) mass is 458 g/mol. The average Bonchev–Trinajstić information content (AvgIpc) is 1.12. The van der Waals surface area contributed by atoms with Crippen LogP contribution >= 0.6 is 0 Å². The van der Waals surface area contributed by atoms with Gasteiger partial charge in [-0.25, -0.2) is 0 Å². The number of hydrogen-bond donors (Lipinski definition) is 0. The van der Waals surface area contributed by atoms with Crippen LogP contribution in [0.25, 0.3) is 0 Å². The van der Waals surface area contributed by atoms with Gasteiger partial charge in [-0.1, -0.05) is 0 Å². The molecule has 24 heavy (non-hydrogen) atoms. The average molecular weight is 458 g/mol. The molecule has 0 aromatic carbocycles. The van der Waals surface area contributed by atoms with Crippen molar-refractivity contribution in [2.75, 3.05) is 0 Å². The number of hydrogen-bond acceptors (Lipinski definition) is 8. The molecule has 0 saturated carbocycles. The molecule has 0 saturated heterocycles. The molecule has 0 fully saturated rings. The Balaban J connectivity index is -0.00000000241. The molecule has 0 heterocycles. The van der Waals surface area contributed by atoms with Crippen molar-refractivity contribution in [3.8, 4) is 0 Å². The van der Waals surface area contributed by atoms with Crippen LogP contribution in [0.4, 0.5) is 0 Å². The topological polar surface area (TPSA) is 539 Å². The molecule has 160 valence electrons. The van der Waals surface area contributed by atoms with E-state index in [1.165, 1.54) is 0 Å². The SMILES string of the molecule is O.O.O.O.O.O.O.O.O.O.O.O.O=S(=O)([O-])[O-].O=S(=O)([O-])[O-].[Al+3].[Na+]. The first-order valence-corrected chi connectivity index (χ1v) is 4.00. The van der Waals surface area contributed by atoms with Crippen LogP contribution in [0.15, 0.2) is 0 Å². The summed E-state index contributed by atoms with van der Waals surface area (Å²) in [6.45, 7) is 0. The van der Waals surface area contributed by atoms with E-state index >= 15 is 0 Å². The zero-order valence-corrected chi connectivity index (χ0v) is 16.4. The summed E-state index contributed by atoms with van der Waals surface area (Å²) in [5.41, 5.74) is 0. The molecule has 0 aliphatic heterocycles. The number of rotatable bonds is 0. The first-order chi connectivity index (χ1) is 4.00. The van der Waals surface area contributed by atoms with E-state index < -0.39 is 20.8 Å². The Kier molecular flexibility index (Phi) is 571. The predicted octanol–water partition coefficient (Wildman–Crippen LogP) is -15.9. The molecule has 0 amide bonds. The smallest absolute Gasteiger partial charge is 0.759 e. The van der Waals surface area contributed by atoms with Gasteiger partial charge in [0.25, 0.3) is 0 Å². The Morgan fingerprint density at radius 2 is 0.375 bits per heavy atom. The van der Waals surface area contributed by atoms with Crippen molar-refractivity contribution in [2.45, 2.75) is 0 Å². The second-order valence-corrected chi connectivity index (χ2v) is 2.45. The van der Waals surface area contributed by atoms with Gasteiger partial charge in [0.1, 0.15) is 0 Å². The summed E-state index contributed by atoms with van der Waals surface area (Å²) in [5, 5.41) is 0. The second kappa shape index (κ2) is 75.5. The van der Waals surface area contributed by atoms with Crippen molar-refractivity contribution >= 4 is 38.2 Å². The molecule has 0 unspecified atom stereocenters. The molecule has 24 N–H and O–H groups in total. The minimum absolute atomic E-state index is 0. The molecular weight excluding hydrogens is 434 g/mol. The Morgan fingerprint density at radius 1 is 0.375 bits per heavy atom. The molecule has 0 radical (unpaired) electrons. The maximum Gasteiger partial charge on any atom is 3.00 e. The van der Waals surface area contributed by atoms with E-state index in [1.807, 2.05) is 0 Å². The molecular formula is H24AlNaO20S2. The normalized spacial score (nSPS) is 4.83. The predicted molar refractivity (Wildman–Crippen MR) is 70.1 cm³/mol. The fraction of sp³-hybridized carbons (Fsp3) is 0. The van der Waals surface area contributed by atoms with Gasteiger partial charge in [-0.2, -0.15) is 0 Å². The van der Waals surface area contributed by atoms with E-state index in [4.69, 9.17) is 35.0 Å². The van der Waals surface area contributed by atoms with Gasteiger partial charge in [-0.05, 0) is 0 Å². The fourth-order valence-electron chi connectivity index (χ4n) is 0. The van der Waals surface area contributed by atoms with Gasteiger partial charge >= 0.3 is 46.9 Å². The van der Waals surface area contributed by atoms with Crippen LogP contribution in [0.5, 0.6) is 0 Å². The largest absolute Gasteiger partial charge is 3.00 e. The molecule has 0 spiro atoms. The summed E-state index contributed by atoms with van der Waals surface area (Å²) in [6.07, 6.45) is 0. The summed E-state index contributed by atoms with van der Waals surface area (Å²) in [6, 6.07) is 0. The maximum atomic E-state index is 8.52. The molecule has 20 nitrogen and oxygen atoms in total. The van der Waals surface area contributed by atoms with Gasteiger partial charge in [-0.15, -0.1) is 0 Å². The van der Waals surface area contributed by atoms with E-state index in [2.05, 4.69) is 0 Å². The zero-order valence-electron chi connectivity index (χ0n) is 11.7. The van der Waals surface area contributed by atoms with E-state index in [1.54, 1.807) is 0 Å². The first kappa shape index (κ1) is 182. The molecule has 0 rings (SSSR count). The summed E-state index contributed by atoms with van der Waals surface area (Å²) in [7, 11) is -10.3. The van der Waals surface area contributed by atoms with Crippen molar-refractivity contribution in [1.29, 1.82) is 0 Å². The summed E-state index contributed by atoms with van der Waals surface area (Å²) in [4.78, 5) is 0. The van der Waals surface area contributed by atoms with Crippen molar-refractivity contribution in [3.05, 3.63) is 0 Å². The molecule has 0 aliphatic rings. The standard InChI is InChI=1S/Al.Na.2H2O4S.12H2O/c;;2*1-5(2,3)4;;;;;;;;;;;;/h;;2*(H2,1,2,3,4);12*1H2/q+3;+1;;;;;;;;;;;;;;/p-4. The van der Waals surface area contributed by atoms with Gasteiger partial charge < -0.3 is 83.9 Å². The van der Waals surface area contributed by atoms with E-state index in [9.17, 15) is 0 Å². The Morgan fingerprint density at radius 3 is 0.375 bits per heavy atom. The minimum atomic E-state index is -5.17. The van der Waals surface area contributed by atoms with E-state index in [0.29, 0.717) is 0 Å². The third kappa shape index (κ3) is 17200. The Labute approximate surface area is 168 Å². The zero-order chi connectivity index (χ0) is 9.00. The van der Waals surface area contributed by atoms with Gasteiger partial charge in [0, 0.05) is 20.8 Å². The van der Waals surface area contributed by atoms with Gasteiger partial charge in [0.15, 0.2) is 0 Å². The Bertz CT molecular complexity index is 218. The third-order valence-electron chi connectivity index (χ3n) is 0. The van der Waals surface area contributed by atoms with E-state index in [0.717, 1.165) is 0 Å². The van der Waals surface area contributed by atoms with Crippen LogP contribution < -0.4 is 29.6 Å². The second-order valence-electron chi connectivity index (χ2n) is 0.816. The maximum absolute atomic E-state index is 8.52. The van der Waals surface area contributed by atoms with Crippen LogP contribution in [0, 0.1) is 0 Å². The van der Waals surface area contributed by atoms with Gasteiger partial charge in [0.05, 0.1) is 0 Å². The Hall–Kier alpha value is 0.792. The molecule has 24 heteroatoms. The first-order valence-electron chi connectivity index (χ1n) is 1.33. The molecule has 0 aliphatic carbocycles. The summed E-state index contributed by atoms with van der Waals surface area (Å²) >= 11 is 0. The summed E-state index contributed by atoms with van der Waals surface area (Å²) in [5.74, 6) is 0. The quantitative estimate of drug-likeness (QED) is 0.190. The van der Waals surface area contributed by atoms with Gasteiger partial charge in [0.2, 0.25) is 0 Å². The molecule has 0 bridgehead atoms. The van der Waals surface area contributed by atoms with Crippen LogP contribution in [-0.2, 0) is 20.8 Å². The fourth-order valence-corrected chi connectivity index (χ4v) is 0. The molecule has 0 aromatic heterocycles. The van der Waals surface area contributed by atoms with Crippen molar-refractivity contribution in [1.82, 2.24) is 0 Å². The summed E-state index contributed by atoms with van der Waals surface area (Å²) < 4.78 is 68.2. The van der Waals surface area contributed by atoms with E-state index in [-0.39, 0.29) is 113 Å². The van der Waals surface area contributed by atoms with Crippen LogP contribution in [0.3, 0.4) is 0 Å². The van der Waals surface area contributed by atoms with Crippen molar-refractivity contribution < 1.29 is 130 Å².